The standard InChI is InChI=1S/C29H34Cl2N4O2/c1-16-9-27-23(12-22(16)19-10-25(30)29(37)26(31)11-19)28(24(13-33-27)17(2)36)34-21-5-3-18(4-6-21)14-35-8-7-20(32)15-35/h9-13,18,20-21,37H,3-8,14-15,32H2,1-2H3,(H,33,34)/t18-,20?,21-. The second kappa shape index (κ2) is 10.8. The number of aryl methyl sites for hydroxylation is 1. The molecule has 1 saturated carbocycles. The van der Waals surface area contributed by atoms with Crippen LogP contribution in [0.15, 0.2) is 30.5 Å². The second-order valence-corrected chi connectivity index (χ2v) is 11.6. The highest BCUT2D eigenvalue weighted by Gasteiger charge is 2.27. The molecule has 196 valence electrons. The number of pyridine rings is 1. The first kappa shape index (κ1) is 26.2. The van der Waals surface area contributed by atoms with E-state index in [0.717, 1.165) is 85.0 Å². The van der Waals surface area contributed by atoms with Crippen LogP contribution in [0.5, 0.6) is 5.75 Å². The first-order valence-corrected chi connectivity index (χ1v) is 13.8. The van der Waals surface area contributed by atoms with Crippen molar-refractivity contribution in [3.63, 3.8) is 0 Å². The Morgan fingerprint density at radius 2 is 1.84 bits per heavy atom. The molecule has 0 amide bonds. The lowest BCUT2D eigenvalue weighted by molar-refractivity contribution is 0.101. The highest BCUT2D eigenvalue weighted by molar-refractivity contribution is 6.37. The van der Waals surface area contributed by atoms with Crippen molar-refractivity contribution < 1.29 is 9.90 Å². The van der Waals surface area contributed by atoms with Crippen LogP contribution in [0.2, 0.25) is 10.0 Å². The van der Waals surface area contributed by atoms with Gasteiger partial charge in [0.15, 0.2) is 11.5 Å². The topological polar surface area (TPSA) is 91.5 Å². The lowest BCUT2D eigenvalue weighted by Gasteiger charge is -2.32. The van der Waals surface area contributed by atoms with E-state index < -0.39 is 0 Å². The number of halogens is 2. The van der Waals surface area contributed by atoms with E-state index in [0.29, 0.717) is 23.6 Å². The molecule has 0 radical (unpaired) electrons. The number of fused-ring (bicyclic) bond motifs is 1. The van der Waals surface area contributed by atoms with E-state index in [9.17, 15) is 9.90 Å². The molecule has 1 aliphatic heterocycles. The Bertz CT molecular complexity index is 1310. The lowest BCUT2D eigenvalue weighted by atomic mass is 9.85. The van der Waals surface area contributed by atoms with Gasteiger partial charge >= 0.3 is 0 Å². The first-order chi connectivity index (χ1) is 17.7. The number of ketones is 1. The molecule has 5 rings (SSSR count). The molecule has 2 heterocycles. The van der Waals surface area contributed by atoms with Gasteiger partial charge in [0.2, 0.25) is 0 Å². The summed E-state index contributed by atoms with van der Waals surface area (Å²) in [6.07, 6.45) is 7.24. The summed E-state index contributed by atoms with van der Waals surface area (Å²) in [6, 6.07) is 8.11. The Morgan fingerprint density at radius 1 is 1.14 bits per heavy atom. The minimum atomic E-state index is -0.128. The van der Waals surface area contributed by atoms with Gasteiger partial charge in [0, 0.05) is 36.8 Å². The number of Topliss-reactive ketones (excluding diaryl/α,β-unsaturated/α-hetero) is 1. The van der Waals surface area contributed by atoms with Crippen LogP contribution in [0, 0.1) is 12.8 Å². The number of phenolic OH excluding ortho intramolecular Hbond substituents is 1. The van der Waals surface area contributed by atoms with E-state index in [2.05, 4.69) is 15.2 Å². The zero-order valence-electron chi connectivity index (χ0n) is 21.4. The van der Waals surface area contributed by atoms with E-state index >= 15 is 0 Å². The molecule has 0 spiro atoms. The van der Waals surface area contributed by atoms with Gasteiger partial charge in [0.25, 0.3) is 0 Å². The Balaban J connectivity index is 1.43. The van der Waals surface area contributed by atoms with Crippen molar-refractivity contribution in [2.24, 2.45) is 11.7 Å². The van der Waals surface area contributed by atoms with E-state index in [1.807, 2.05) is 19.1 Å². The zero-order chi connectivity index (χ0) is 26.3. The number of anilines is 1. The van der Waals surface area contributed by atoms with Gasteiger partial charge in [-0.15, -0.1) is 0 Å². The van der Waals surface area contributed by atoms with Crippen molar-refractivity contribution in [1.29, 1.82) is 0 Å². The molecule has 4 N–H and O–H groups in total. The van der Waals surface area contributed by atoms with E-state index in [-0.39, 0.29) is 21.6 Å². The van der Waals surface area contributed by atoms with Gasteiger partial charge in [-0.1, -0.05) is 23.2 Å². The molecule has 2 aliphatic rings. The number of hydrogen-bond acceptors (Lipinski definition) is 6. The summed E-state index contributed by atoms with van der Waals surface area (Å²) in [5.41, 5.74) is 11.1. The molecular formula is C29H34Cl2N4O2. The maximum atomic E-state index is 12.6. The number of carbonyl (C=O) groups excluding carboxylic acids is 1. The summed E-state index contributed by atoms with van der Waals surface area (Å²) < 4.78 is 0. The van der Waals surface area contributed by atoms with Gasteiger partial charge in [-0.05, 0) is 99.4 Å². The number of aromatic nitrogens is 1. The van der Waals surface area contributed by atoms with E-state index in [1.54, 1.807) is 25.3 Å². The van der Waals surface area contributed by atoms with E-state index in [4.69, 9.17) is 28.9 Å². The molecule has 1 unspecified atom stereocenters. The smallest absolute Gasteiger partial charge is 0.163 e. The number of aromatic hydroxyl groups is 1. The van der Waals surface area contributed by atoms with Gasteiger partial charge in [-0.2, -0.15) is 0 Å². The normalized spacial score (nSPS) is 22.5. The minimum absolute atomic E-state index is 0.0196. The fourth-order valence-corrected chi connectivity index (χ4v) is 6.37. The number of benzene rings is 2. The first-order valence-electron chi connectivity index (χ1n) is 13.1. The number of phenols is 1. The second-order valence-electron chi connectivity index (χ2n) is 10.7. The number of hydrogen-bond donors (Lipinski definition) is 3. The van der Waals surface area contributed by atoms with Crippen LogP contribution in [0.4, 0.5) is 5.69 Å². The Labute approximate surface area is 228 Å². The third kappa shape index (κ3) is 5.58. The molecule has 1 atom stereocenters. The molecule has 3 aromatic rings. The van der Waals surface area contributed by atoms with Crippen molar-refractivity contribution in [2.75, 3.05) is 25.0 Å². The maximum Gasteiger partial charge on any atom is 0.163 e. The number of carbonyl (C=O) groups is 1. The lowest BCUT2D eigenvalue weighted by Crippen LogP contribution is -2.34. The van der Waals surface area contributed by atoms with Gasteiger partial charge in [0.1, 0.15) is 0 Å². The molecule has 37 heavy (non-hydrogen) atoms. The summed E-state index contributed by atoms with van der Waals surface area (Å²) >= 11 is 12.5. The Kier molecular flexibility index (Phi) is 7.64. The summed E-state index contributed by atoms with van der Waals surface area (Å²) in [6.45, 7) is 6.86. The molecule has 1 aromatic heterocycles. The molecular weight excluding hydrogens is 507 g/mol. The van der Waals surface area contributed by atoms with Crippen molar-refractivity contribution in [2.45, 2.75) is 58.0 Å². The summed E-state index contributed by atoms with van der Waals surface area (Å²) in [4.78, 5) is 19.7. The number of likely N-dealkylation sites (tertiary alicyclic amines) is 1. The molecule has 1 aliphatic carbocycles. The highest BCUT2D eigenvalue weighted by atomic mass is 35.5. The number of nitrogens with one attached hydrogen (secondary N) is 1. The predicted octanol–water partition coefficient (Wildman–Crippen LogP) is 6.43. The number of rotatable bonds is 6. The van der Waals surface area contributed by atoms with Crippen LogP contribution in [0.3, 0.4) is 0 Å². The summed E-state index contributed by atoms with van der Waals surface area (Å²) in [5, 5.41) is 15.0. The number of nitrogens with two attached hydrogens (primary N) is 1. The van der Waals surface area contributed by atoms with Crippen molar-refractivity contribution >= 4 is 45.6 Å². The minimum Gasteiger partial charge on any atom is -0.505 e. The predicted molar refractivity (Wildman–Crippen MR) is 152 cm³/mol. The quantitative estimate of drug-likeness (QED) is 0.312. The Hall–Kier alpha value is -2.38. The van der Waals surface area contributed by atoms with Crippen molar-refractivity contribution in [3.05, 3.63) is 51.6 Å². The van der Waals surface area contributed by atoms with Crippen LogP contribution in [0.25, 0.3) is 22.0 Å². The van der Waals surface area contributed by atoms with Gasteiger partial charge < -0.3 is 21.1 Å². The average molecular weight is 542 g/mol. The SMILES string of the molecule is CC(=O)c1cnc2cc(C)c(-c3cc(Cl)c(O)c(Cl)c3)cc2c1N[C@H]1CC[C@H](CN2CCC(N)C2)CC1. The molecule has 0 bridgehead atoms. The average Bonchev–Trinajstić information content (AvgIpc) is 3.27. The fraction of sp³-hybridized carbons (Fsp3) is 0.448. The molecule has 1 saturated heterocycles. The van der Waals surface area contributed by atoms with Crippen LogP contribution in [-0.2, 0) is 0 Å². The largest absolute Gasteiger partial charge is 0.505 e. The van der Waals surface area contributed by atoms with Crippen LogP contribution >= 0.6 is 23.2 Å². The fourth-order valence-electron chi connectivity index (χ4n) is 5.88. The molecule has 8 heteroatoms. The highest BCUT2D eigenvalue weighted by Crippen LogP contribution is 2.40. The maximum absolute atomic E-state index is 12.6. The van der Waals surface area contributed by atoms with E-state index in [1.165, 1.54) is 0 Å². The summed E-state index contributed by atoms with van der Waals surface area (Å²) in [7, 11) is 0. The third-order valence-corrected chi connectivity index (χ3v) is 8.52. The molecule has 6 nitrogen and oxygen atoms in total. The van der Waals surface area contributed by atoms with Crippen molar-refractivity contribution in [3.8, 4) is 16.9 Å². The Morgan fingerprint density at radius 3 is 2.46 bits per heavy atom. The van der Waals surface area contributed by atoms with Crippen LogP contribution in [-0.4, -0.2) is 52.5 Å². The van der Waals surface area contributed by atoms with Gasteiger partial charge in [0.05, 0.1) is 26.8 Å². The zero-order valence-corrected chi connectivity index (χ0v) is 22.9. The summed E-state index contributed by atoms with van der Waals surface area (Å²) in [5.74, 6) is 0.549. The van der Waals surface area contributed by atoms with Gasteiger partial charge in [-0.25, -0.2) is 0 Å². The number of nitrogens with zero attached hydrogens (tertiary/aromatic N) is 2. The van der Waals surface area contributed by atoms with Crippen LogP contribution < -0.4 is 11.1 Å². The van der Waals surface area contributed by atoms with Gasteiger partial charge in [-0.3, -0.25) is 9.78 Å². The van der Waals surface area contributed by atoms with Crippen molar-refractivity contribution in [1.82, 2.24) is 9.88 Å². The molecule has 2 fully saturated rings. The third-order valence-electron chi connectivity index (χ3n) is 7.94. The monoisotopic (exact) mass is 540 g/mol. The molecule has 2 aromatic carbocycles. The van der Waals surface area contributed by atoms with Crippen LogP contribution in [0.1, 0.15) is 54.9 Å².